The number of rotatable bonds is 3. The molecule has 5 aliphatic rings. The lowest BCUT2D eigenvalue weighted by Crippen LogP contribution is -2.43. The first kappa shape index (κ1) is 32.1. The van der Waals surface area contributed by atoms with E-state index in [1.54, 1.807) is 6.20 Å². The molecule has 51 heavy (non-hydrogen) atoms. The molecule has 2 aromatic heterocycles. The molecule has 0 unspecified atom stereocenters. The highest BCUT2D eigenvalue weighted by molar-refractivity contribution is 9.10. The number of nitrogens with one attached hydrogen (secondary N) is 2. The summed E-state index contributed by atoms with van der Waals surface area (Å²) in [5, 5.41) is 6.07. The van der Waals surface area contributed by atoms with Gasteiger partial charge in [0.1, 0.15) is 34.0 Å². The Morgan fingerprint density at radius 3 is 2.39 bits per heavy atom. The van der Waals surface area contributed by atoms with Crippen LogP contribution in [0.3, 0.4) is 0 Å². The predicted molar refractivity (Wildman–Crippen MR) is 183 cm³/mol. The molecule has 9 rings (SSSR count). The maximum atomic E-state index is 15.6. The summed E-state index contributed by atoms with van der Waals surface area (Å²) in [6, 6.07) is 12.6. The van der Waals surface area contributed by atoms with E-state index in [9.17, 15) is 22.8 Å². The van der Waals surface area contributed by atoms with Gasteiger partial charge >= 0.3 is 6.18 Å². The third-order valence-corrected chi connectivity index (χ3v) is 11.9. The molecule has 3 aliphatic carbocycles. The molecule has 258 valence electrons. The number of hydrogen-bond acceptors (Lipinski definition) is 6. The van der Waals surface area contributed by atoms with Gasteiger partial charge in [0.05, 0.1) is 5.69 Å². The highest BCUT2D eigenvalue weighted by atomic mass is 79.9. The van der Waals surface area contributed by atoms with Crippen molar-refractivity contribution in [2.45, 2.75) is 68.0 Å². The maximum Gasteiger partial charge on any atom is 0.433 e. The molecule has 2 atom stereocenters. The minimum atomic E-state index is -4.76. The van der Waals surface area contributed by atoms with Crippen LogP contribution in [-0.4, -0.2) is 40.5 Å². The molecular formula is C38H29BrF4N6O2. The number of carbonyl (C=O) groups is 2. The highest BCUT2D eigenvalue weighted by Gasteiger charge is 2.54. The summed E-state index contributed by atoms with van der Waals surface area (Å²) in [5.74, 6) is -0.909. The monoisotopic (exact) mass is 756 g/mol. The fourth-order valence-corrected chi connectivity index (χ4v) is 9.15. The zero-order valence-corrected chi connectivity index (χ0v) is 28.8. The Labute approximate surface area is 298 Å². The molecule has 2 aliphatic heterocycles. The summed E-state index contributed by atoms with van der Waals surface area (Å²) in [4.78, 5) is 45.6. The number of aliphatic imine (C=N–C) groups is 2. The van der Waals surface area contributed by atoms with Gasteiger partial charge in [-0.3, -0.25) is 14.6 Å². The van der Waals surface area contributed by atoms with E-state index in [1.165, 1.54) is 25.2 Å². The summed E-state index contributed by atoms with van der Waals surface area (Å²) in [5.41, 5.74) is 2.16. The third-order valence-electron chi connectivity index (χ3n) is 11.2. The molecule has 1 saturated carbocycles. The SMILES string of the molecule is CNC1=NC(=O)[C@]2(CCc3c(CNC4=NC(=O)[C@]5(CCc6c(Br)cccc65)c5cc(C6CC6)ncc54)cc(F)cc32)c2nc(C(F)(F)F)ccc21. The van der Waals surface area contributed by atoms with Crippen LogP contribution < -0.4 is 10.6 Å². The predicted octanol–water partition coefficient (Wildman–Crippen LogP) is 6.32. The van der Waals surface area contributed by atoms with E-state index in [0.717, 1.165) is 45.8 Å². The van der Waals surface area contributed by atoms with Crippen LogP contribution in [0.15, 0.2) is 69.2 Å². The van der Waals surface area contributed by atoms with Crippen molar-refractivity contribution in [1.82, 2.24) is 20.6 Å². The van der Waals surface area contributed by atoms with E-state index in [0.29, 0.717) is 41.3 Å². The van der Waals surface area contributed by atoms with Crippen LogP contribution in [0.2, 0.25) is 0 Å². The number of benzene rings is 2. The van der Waals surface area contributed by atoms with Gasteiger partial charge < -0.3 is 10.6 Å². The number of alkyl halides is 3. The van der Waals surface area contributed by atoms with Crippen LogP contribution >= 0.6 is 15.9 Å². The number of hydrogen-bond donors (Lipinski definition) is 2. The second kappa shape index (κ2) is 11.1. The van der Waals surface area contributed by atoms with Crippen molar-refractivity contribution in [2.24, 2.45) is 9.98 Å². The lowest BCUT2D eigenvalue weighted by molar-refractivity contribution is -0.141. The largest absolute Gasteiger partial charge is 0.433 e. The number of pyridine rings is 2. The van der Waals surface area contributed by atoms with Gasteiger partial charge in [-0.2, -0.15) is 23.2 Å². The van der Waals surface area contributed by atoms with Crippen LogP contribution in [0, 0.1) is 5.82 Å². The quantitative estimate of drug-likeness (QED) is 0.237. The summed E-state index contributed by atoms with van der Waals surface area (Å²) in [6.07, 6.45) is 0.700. The van der Waals surface area contributed by atoms with E-state index in [2.05, 4.69) is 47.6 Å². The van der Waals surface area contributed by atoms with Crippen molar-refractivity contribution in [3.05, 3.63) is 127 Å². The molecule has 2 N–H and O–H groups in total. The molecule has 4 heterocycles. The molecule has 2 aromatic carbocycles. The van der Waals surface area contributed by atoms with E-state index < -0.39 is 34.4 Å². The Bertz CT molecular complexity index is 2300. The molecule has 2 spiro atoms. The normalized spacial score (nSPS) is 23.1. The van der Waals surface area contributed by atoms with Gasteiger partial charge in [0.25, 0.3) is 11.8 Å². The number of nitrogens with zero attached hydrogens (tertiary/aromatic N) is 4. The smallest absolute Gasteiger partial charge is 0.372 e. The van der Waals surface area contributed by atoms with Gasteiger partial charge in [-0.25, -0.2) is 9.37 Å². The summed E-state index contributed by atoms with van der Waals surface area (Å²) in [6.45, 7) is 0.0311. The lowest BCUT2D eigenvalue weighted by Gasteiger charge is -2.34. The summed E-state index contributed by atoms with van der Waals surface area (Å²) in [7, 11) is 1.52. The minimum Gasteiger partial charge on any atom is -0.372 e. The van der Waals surface area contributed by atoms with Crippen LogP contribution in [-0.2, 0) is 46.0 Å². The van der Waals surface area contributed by atoms with Crippen LogP contribution in [0.25, 0.3) is 0 Å². The summed E-state index contributed by atoms with van der Waals surface area (Å²) < 4.78 is 58.2. The van der Waals surface area contributed by atoms with Gasteiger partial charge in [-0.1, -0.05) is 28.1 Å². The van der Waals surface area contributed by atoms with Crippen molar-refractivity contribution in [2.75, 3.05) is 7.05 Å². The van der Waals surface area contributed by atoms with E-state index in [1.807, 2.05) is 18.2 Å². The van der Waals surface area contributed by atoms with E-state index in [4.69, 9.17) is 4.98 Å². The number of aromatic nitrogens is 2. The average Bonchev–Trinajstić information content (AvgIpc) is 3.78. The molecule has 0 saturated heterocycles. The zero-order valence-electron chi connectivity index (χ0n) is 27.2. The number of amidine groups is 2. The third kappa shape index (κ3) is 4.62. The van der Waals surface area contributed by atoms with E-state index in [-0.39, 0.29) is 48.0 Å². The number of carbonyl (C=O) groups excluding carboxylic acids is 2. The Balaban J connectivity index is 1.12. The summed E-state index contributed by atoms with van der Waals surface area (Å²) >= 11 is 3.67. The Morgan fingerprint density at radius 2 is 1.63 bits per heavy atom. The molecule has 13 heteroatoms. The fraction of sp³-hybridized carbons (Fsp3) is 0.316. The Hall–Kier alpha value is -4.78. The Kier molecular flexibility index (Phi) is 7.00. The lowest BCUT2D eigenvalue weighted by atomic mass is 9.71. The van der Waals surface area contributed by atoms with Gasteiger partial charge in [0.2, 0.25) is 0 Å². The highest BCUT2D eigenvalue weighted by Crippen LogP contribution is 2.52. The molecule has 0 bridgehead atoms. The second-order valence-corrected chi connectivity index (χ2v) is 14.7. The van der Waals surface area contributed by atoms with Crippen LogP contribution in [0.5, 0.6) is 0 Å². The van der Waals surface area contributed by atoms with E-state index >= 15 is 4.39 Å². The van der Waals surface area contributed by atoms with Crippen molar-refractivity contribution in [3.8, 4) is 0 Å². The number of halogens is 5. The first-order chi connectivity index (χ1) is 24.5. The van der Waals surface area contributed by atoms with Crippen molar-refractivity contribution in [3.63, 3.8) is 0 Å². The van der Waals surface area contributed by atoms with Gasteiger partial charge in [0.15, 0.2) is 0 Å². The molecule has 0 radical (unpaired) electrons. The number of fused-ring (bicyclic) bond motifs is 8. The number of amides is 2. The van der Waals surface area contributed by atoms with Gasteiger partial charge in [0, 0.05) is 47.0 Å². The minimum absolute atomic E-state index is 0.0311. The molecule has 4 aromatic rings. The molecular weight excluding hydrogens is 728 g/mol. The Morgan fingerprint density at radius 1 is 0.882 bits per heavy atom. The van der Waals surface area contributed by atoms with Crippen LogP contribution in [0.4, 0.5) is 17.6 Å². The van der Waals surface area contributed by atoms with Crippen molar-refractivity contribution >= 4 is 39.4 Å². The van der Waals surface area contributed by atoms with Crippen molar-refractivity contribution in [1.29, 1.82) is 0 Å². The topological polar surface area (TPSA) is 109 Å². The fourth-order valence-electron chi connectivity index (χ4n) is 8.59. The molecule has 8 nitrogen and oxygen atoms in total. The standard InChI is InChI=1S/C38H29BrF4N6O2/c1-44-32-23-7-8-30(38(41,42)43)47-31(23)37(35(51)48-32)12-9-21-19(13-20(40)14-26(21)37)16-46-33-24-17-45-29(18-5-6-18)15-27(24)36(34(50)49-33)11-10-22-25(36)3-2-4-28(22)39/h2-4,7-8,13-15,17-18H,5-6,9-12,16H2,1H3,(H,44,48,51)(H,46,49,50)/t36-,37-/m0/s1. The van der Waals surface area contributed by atoms with Crippen molar-refractivity contribution < 1.29 is 27.2 Å². The zero-order chi connectivity index (χ0) is 35.4. The average molecular weight is 758 g/mol. The molecule has 1 fully saturated rings. The van der Waals surface area contributed by atoms with Gasteiger partial charge in [-0.15, -0.1) is 0 Å². The maximum absolute atomic E-state index is 15.6. The first-order valence-corrected chi connectivity index (χ1v) is 17.6. The van der Waals surface area contributed by atoms with Crippen LogP contribution in [0.1, 0.15) is 93.2 Å². The molecule has 2 amide bonds. The second-order valence-electron chi connectivity index (χ2n) is 13.8. The first-order valence-electron chi connectivity index (χ1n) is 16.8. The van der Waals surface area contributed by atoms with Gasteiger partial charge in [-0.05, 0) is 108 Å².